The molecule has 1 aliphatic rings. The van der Waals surface area contributed by atoms with Gasteiger partial charge in [-0.15, -0.1) is 0 Å². The molecule has 1 fully saturated rings. The fraction of sp³-hybridized carbons (Fsp3) is 0.714. The quantitative estimate of drug-likeness (QED) is 0.869. The molecule has 1 aliphatic carbocycles. The van der Waals surface area contributed by atoms with Crippen molar-refractivity contribution in [3.63, 3.8) is 0 Å². The van der Waals surface area contributed by atoms with Gasteiger partial charge < -0.3 is 5.73 Å². The van der Waals surface area contributed by atoms with E-state index in [1.807, 2.05) is 24.5 Å². The van der Waals surface area contributed by atoms with E-state index in [9.17, 15) is 4.79 Å². The van der Waals surface area contributed by atoms with Gasteiger partial charge in [-0.05, 0) is 51.1 Å². The third kappa shape index (κ3) is 2.48. The van der Waals surface area contributed by atoms with Gasteiger partial charge in [-0.3, -0.25) is 4.57 Å². The highest BCUT2D eigenvalue weighted by Crippen LogP contribution is 2.36. The molecule has 2 rings (SSSR count). The zero-order chi connectivity index (χ0) is 13.3. The van der Waals surface area contributed by atoms with Crippen molar-refractivity contribution in [2.45, 2.75) is 46.1 Å². The van der Waals surface area contributed by atoms with E-state index in [4.69, 9.17) is 5.73 Å². The summed E-state index contributed by atoms with van der Waals surface area (Å²) < 4.78 is 1.86. The predicted molar refractivity (Wildman–Crippen MR) is 72.6 cm³/mol. The minimum Gasteiger partial charge on any atom is -0.330 e. The lowest BCUT2D eigenvalue weighted by molar-refractivity contribution is 0.190. The molecule has 0 aliphatic heterocycles. The highest BCUT2D eigenvalue weighted by Gasteiger charge is 2.30. The van der Waals surface area contributed by atoms with Crippen molar-refractivity contribution >= 4 is 0 Å². The molecule has 0 amide bonds. The van der Waals surface area contributed by atoms with Gasteiger partial charge in [-0.25, -0.2) is 4.79 Å². The molecule has 2 N–H and O–H groups in total. The van der Waals surface area contributed by atoms with E-state index >= 15 is 0 Å². The highest BCUT2D eigenvalue weighted by atomic mass is 16.1. The second-order valence-corrected chi connectivity index (χ2v) is 5.67. The monoisotopic (exact) mass is 249 g/mol. The van der Waals surface area contributed by atoms with Crippen LogP contribution in [0.2, 0.25) is 0 Å². The lowest BCUT2D eigenvalue weighted by Gasteiger charge is -2.36. The molecule has 0 aromatic carbocycles. The van der Waals surface area contributed by atoms with Crippen LogP contribution < -0.4 is 11.4 Å². The number of aryl methyl sites for hydroxylation is 2. The van der Waals surface area contributed by atoms with Crippen LogP contribution in [0.25, 0.3) is 0 Å². The number of nitrogens with zero attached hydrogens (tertiary/aromatic N) is 2. The molecular weight excluding hydrogens is 226 g/mol. The van der Waals surface area contributed by atoms with E-state index in [-0.39, 0.29) is 11.7 Å². The molecule has 1 aromatic heterocycles. The summed E-state index contributed by atoms with van der Waals surface area (Å²) in [6.07, 6.45) is 3.36. The summed E-state index contributed by atoms with van der Waals surface area (Å²) in [6, 6.07) is 2.20. The predicted octanol–water partition coefficient (Wildman–Crippen LogP) is 1.80. The van der Waals surface area contributed by atoms with Crippen LogP contribution in [0, 0.1) is 25.7 Å². The molecule has 0 saturated heterocycles. The molecule has 0 spiro atoms. The molecule has 3 unspecified atom stereocenters. The standard InChI is InChI=1S/C14H23N3O/c1-9-4-5-12(8-15)13(6-9)17-11(3)7-10(2)16-14(17)18/h7,9,12-13H,4-6,8,15H2,1-3H3. The normalized spacial score (nSPS) is 28.3. The second-order valence-electron chi connectivity index (χ2n) is 5.67. The summed E-state index contributed by atoms with van der Waals surface area (Å²) in [5, 5.41) is 0. The number of nitrogens with two attached hydrogens (primary N) is 1. The van der Waals surface area contributed by atoms with Crippen LogP contribution in [0.5, 0.6) is 0 Å². The zero-order valence-corrected chi connectivity index (χ0v) is 11.5. The number of rotatable bonds is 2. The lowest BCUT2D eigenvalue weighted by atomic mass is 9.79. The Balaban J connectivity index is 2.42. The smallest absolute Gasteiger partial charge is 0.330 e. The molecule has 1 aromatic rings. The lowest BCUT2D eigenvalue weighted by Crippen LogP contribution is -2.39. The topological polar surface area (TPSA) is 60.9 Å². The molecule has 0 bridgehead atoms. The minimum atomic E-state index is -0.120. The van der Waals surface area contributed by atoms with Gasteiger partial charge >= 0.3 is 5.69 Å². The van der Waals surface area contributed by atoms with Crippen molar-refractivity contribution < 1.29 is 0 Å². The maximum atomic E-state index is 12.1. The van der Waals surface area contributed by atoms with Crippen molar-refractivity contribution in [3.8, 4) is 0 Å². The summed E-state index contributed by atoms with van der Waals surface area (Å²) in [4.78, 5) is 16.2. The Morgan fingerprint density at radius 1 is 1.44 bits per heavy atom. The van der Waals surface area contributed by atoms with Crippen molar-refractivity contribution in [1.82, 2.24) is 9.55 Å². The summed E-state index contributed by atoms with van der Waals surface area (Å²) in [7, 11) is 0. The van der Waals surface area contributed by atoms with E-state index in [1.54, 1.807) is 0 Å². The molecule has 0 radical (unpaired) electrons. The van der Waals surface area contributed by atoms with Crippen molar-refractivity contribution in [3.05, 3.63) is 27.9 Å². The Morgan fingerprint density at radius 2 is 2.17 bits per heavy atom. The first kappa shape index (κ1) is 13.3. The number of hydrogen-bond acceptors (Lipinski definition) is 3. The Labute approximate surface area is 108 Å². The summed E-state index contributed by atoms with van der Waals surface area (Å²) >= 11 is 0. The van der Waals surface area contributed by atoms with Crippen LogP contribution in [0.3, 0.4) is 0 Å². The van der Waals surface area contributed by atoms with Crippen molar-refractivity contribution in [2.24, 2.45) is 17.6 Å². The molecule has 100 valence electrons. The van der Waals surface area contributed by atoms with Crippen molar-refractivity contribution in [2.75, 3.05) is 6.54 Å². The van der Waals surface area contributed by atoms with E-state index in [1.165, 1.54) is 6.42 Å². The molecule has 18 heavy (non-hydrogen) atoms. The van der Waals surface area contributed by atoms with Gasteiger partial charge in [-0.1, -0.05) is 13.3 Å². The van der Waals surface area contributed by atoms with Gasteiger partial charge in [0.25, 0.3) is 0 Å². The van der Waals surface area contributed by atoms with Crippen molar-refractivity contribution in [1.29, 1.82) is 0 Å². The third-order valence-electron chi connectivity index (χ3n) is 4.13. The molecule has 4 heteroatoms. The largest absolute Gasteiger partial charge is 0.348 e. The maximum absolute atomic E-state index is 12.1. The average Bonchev–Trinajstić information content (AvgIpc) is 2.28. The Hall–Kier alpha value is -1.16. The Kier molecular flexibility index (Phi) is 3.85. The van der Waals surface area contributed by atoms with E-state index in [2.05, 4.69) is 11.9 Å². The van der Waals surface area contributed by atoms with Crippen LogP contribution in [0.1, 0.15) is 43.6 Å². The molecule has 3 atom stereocenters. The molecule has 1 saturated carbocycles. The minimum absolute atomic E-state index is 0.120. The zero-order valence-electron chi connectivity index (χ0n) is 11.5. The average molecular weight is 249 g/mol. The second kappa shape index (κ2) is 5.22. The molecule has 1 heterocycles. The van der Waals surface area contributed by atoms with Gasteiger partial charge in [0.15, 0.2) is 0 Å². The molecule has 4 nitrogen and oxygen atoms in total. The van der Waals surface area contributed by atoms with Gasteiger partial charge in [0.05, 0.1) is 0 Å². The van der Waals surface area contributed by atoms with Gasteiger partial charge in [-0.2, -0.15) is 4.98 Å². The highest BCUT2D eigenvalue weighted by molar-refractivity contribution is 5.08. The Morgan fingerprint density at radius 3 is 2.78 bits per heavy atom. The summed E-state index contributed by atoms with van der Waals surface area (Å²) in [5.41, 5.74) is 7.55. The van der Waals surface area contributed by atoms with E-state index in [0.29, 0.717) is 18.4 Å². The SMILES string of the molecule is Cc1cc(C)n(C2CC(C)CCC2CN)c(=O)n1. The van der Waals surface area contributed by atoms with Gasteiger partial charge in [0.1, 0.15) is 0 Å². The van der Waals surface area contributed by atoms with Crippen LogP contribution in [-0.4, -0.2) is 16.1 Å². The Bertz CT molecular complexity index is 480. The first-order valence-electron chi connectivity index (χ1n) is 6.79. The fourth-order valence-electron chi connectivity index (χ4n) is 3.17. The van der Waals surface area contributed by atoms with Crippen LogP contribution >= 0.6 is 0 Å². The number of aromatic nitrogens is 2. The van der Waals surface area contributed by atoms with Crippen LogP contribution in [-0.2, 0) is 0 Å². The maximum Gasteiger partial charge on any atom is 0.348 e. The summed E-state index contributed by atoms with van der Waals surface area (Å²) in [5.74, 6) is 1.06. The fourth-order valence-corrected chi connectivity index (χ4v) is 3.17. The third-order valence-corrected chi connectivity index (χ3v) is 4.13. The molecular formula is C14H23N3O. The first-order chi connectivity index (χ1) is 8.52. The van der Waals surface area contributed by atoms with Crippen LogP contribution in [0.4, 0.5) is 0 Å². The number of hydrogen-bond donors (Lipinski definition) is 1. The van der Waals surface area contributed by atoms with Gasteiger partial charge in [0, 0.05) is 17.4 Å². The van der Waals surface area contributed by atoms with Crippen LogP contribution in [0.15, 0.2) is 10.9 Å². The first-order valence-corrected chi connectivity index (χ1v) is 6.79. The summed E-state index contributed by atoms with van der Waals surface area (Å²) in [6.45, 7) is 6.75. The van der Waals surface area contributed by atoms with E-state index < -0.39 is 0 Å². The van der Waals surface area contributed by atoms with E-state index in [0.717, 1.165) is 24.2 Å². The van der Waals surface area contributed by atoms with Gasteiger partial charge in [0.2, 0.25) is 0 Å².